The summed E-state index contributed by atoms with van der Waals surface area (Å²) in [6, 6.07) is 10.4. The summed E-state index contributed by atoms with van der Waals surface area (Å²) in [5.41, 5.74) is 1.36. The standard InChI is InChI=1S/C11H12O/c12-11-7-10(8-11)6-9-4-2-1-3-5-9/h1-5,10H,6-8H2. The van der Waals surface area contributed by atoms with Crippen molar-refractivity contribution in [3.05, 3.63) is 35.9 Å². The first-order valence-electron chi connectivity index (χ1n) is 4.40. The lowest BCUT2D eigenvalue weighted by Crippen LogP contribution is -2.24. The third-order valence-corrected chi connectivity index (χ3v) is 2.40. The van der Waals surface area contributed by atoms with Crippen molar-refractivity contribution >= 4 is 5.78 Å². The van der Waals surface area contributed by atoms with E-state index in [9.17, 15) is 4.79 Å². The number of Topliss-reactive ketones (excluding diaryl/α,β-unsaturated/α-hetero) is 1. The highest BCUT2D eigenvalue weighted by Crippen LogP contribution is 2.26. The van der Waals surface area contributed by atoms with Crippen LogP contribution in [0.1, 0.15) is 18.4 Å². The molecule has 12 heavy (non-hydrogen) atoms. The molecule has 0 N–H and O–H groups in total. The van der Waals surface area contributed by atoms with Crippen LogP contribution in [0.25, 0.3) is 0 Å². The first-order chi connectivity index (χ1) is 5.84. The van der Waals surface area contributed by atoms with Gasteiger partial charge in [0, 0.05) is 12.8 Å². The third kappa shape index (κ3) is 1.55. The Kier molecular flexibility index (Phi) is 1.94. The zero-order valence-electron chi connectivity index (χ0n) is 6.99. The summed E-state index contributed by atoms with van der Waals surface area (Å²) in [5.74, 6) is 1.05. The average Bonchev–Trinajstić information content (AvgIpc) is 2.04. The molecule has 0 amide bonds. The number of hydrogen-bond donors (Lipinski definition) is 0. The molecule has 0 heterocycles. The Morgan fingerprint density at radius 1 is 1.17 bits per heavy atom. The topological polar surface area (TPSA) is 17.1 Å². The van der Waals surface area contributed by atoms with E-state index in [1.54, 1.807) is 0 Å². The first-order valence-corrected chi connectivity index (χ1v) is 4.40. The van der Waals surface area contributed by atoms with Gasteiger partial charge in [-0.1, -0.05) is 30.3 Å². The van der Waals surface area contributed by atoms with Gasteiger partial charge in [-0.15, -0.1) is 0 Å². The van der Waals surface area contributed by atoms with Gasteiger partial charge in [-0.25, -0.2) is 0 Å². The maximum Gasteiger partial charge on any atom is 0.133 e. The third-order valence-electron chi connectivity index (χ3n) is 2.40. The number of ketones is 1. The molecule has 0 aromatic heterocycles. The summed E-state index contributed by atoms with van der Waals surface area (Å²) in [6.45, 7) is 0. The summed E-state index contributed by atoms with van der Waals surface area (Å²) < 4.78 is 0. The molecule has 0 spiro atoms. The van der Waals surface area contributed by atoms with Gasteiger partial charge in [-0.2, -0.15) is 0 Å². The lowest BCUT2D eigenvalue weighted by molar-refractivity contribution is -0.126. The molecule has 1 heteroatoms. The highest BCUT2D eigenvalue weighted by atomic mass is 16.1. The molecule has 1 aliphatic carbocycles. The molecule has 0 bridgehead atoms. The molecule has 1 fully saturated rings. The van der Waals surface area contributed by atoms with Crippen molar-refractivity contribution in [3.63, 3.8) is 0 Å². The summed E-state index contributed by atoms with van der Waals surface area (Å²) in [4.78, 5) is 10.7. The normalized spacial score (nSPS) is 17.5. The molecule has 0 saturated heterocycles. The van der Waals surface area contributed by atoms with Crippen LogP contribution in [-0.4, -0.2) is 5.78 Å². The van der Waals surface area contributed by atoms with Gasteiger partial charge in [0.15, 0.2) is 0 Å². The van der Waals surface area contributed by atoms with Gasteiger partial charge in [0.25, 0.3) is 0 Å². The van der Waals surface area contributed by atoms with Crippen molar-refractivity contribution in [2.24, 2.45) is 5.92 Å². The minimum atomic E-state index is 0.427. The van der Waals surface area contributed by atoms with Crippen LogP contribution in [0, 0.1) is 5.92 Å². The average molecular weight is 160 g/mol. The van der Waals surface area contributed by atoms with Crippen LogP contribution in [-0.2, 0) is 11.2 Å². The van der Waals surface area contributed by atoms with Gasteiger partial charge in [0.2, 0.25) is 0 Å². The van der Waals surface area contributed by atoms with E-state index in [1.165, 1.54) is 5.56 Å². The van der Waals surface area contributed by atoms with E-state index in [4.69, 9.17) is 0 Å². The predicted octanol–water partition coefficient (Wildman–Crippen LogP) is 2.21. The van der Waals surface area contributed by atoms with Crippen LogP contribution < -0.4 is 0 Å². The zero-order chi connectivity index (χ0) is 8.39. The molecule has 1 saturated carbocycles. The molecule has 1 aliphatic rings. The van der Waals surface area contributed by atoms with Crippen molar-refractivity contribution in [1.29, 1.82) is 0 Å². The number of hydrogen-bond acceptors (Lipinski definition) is 1. The van der Waals surface area contributed by atoms with E-state index >= 15 is 0 Å². The van der Waals surface area contributed by atoms with E-state index < -0.39 is 0 Å². The Bertz CT molecular complexity index is 268. The van der Waals surface area contributed by atoms with Crippen molar-refractivity contribution in [1.82, 2.24) is 0 Å². The first kappa shape index (κ1) is 7.53. The fourth-order valence-corrected chi connectivity index (χ4v) is 1.68. The number of benzene rings is 1. The van der Waals surface area contributed by atoms with E-state index in [-0.39, 0.29) is 0 Å². The quantitative estimate of drug-likeness (QED) is 0.648. The fourth-order valence-electron chi connectivity index (χ4n) is 1.68. The van der Waals surface area contributed by atoms with E-state index in [2.05, 4.69) is 24.3 Å². The Balaban J connectivity index is 1.92. The molecule has 2 rings (SSSR count). The van der Waals surface area contributed by atoms with Crippen LogP contribution in [0.3, 0.4) is 0 Å². The van der Waals surface area contributed by atoms with Crippen LogP contribution in [0.15, 0.2) is 30.3 Å². The maximum atomic E-state index is 10.7. The molecular formula is C11H12O. The van der Waals surface area contributed by atoms with Crippen molar-refractivity contribution < 1.29 is 4.79 Å². The number of carbonyl (C=O) groups is 1. The van der Waals surface area contributed by atoms with E-state index in [0.29, 0.717) is 11.7 Å². The molecule has 1 aromatic carbocycles. The highest BCUT2D eigenvalue weighted by molar-refractivity contribution is 5.84. The maximum absolute atomic E-state index is 10.7. The molecule has 1 aromatic rings. The Morgan fingerprint density at radius 2 is 1.83 bits per heavy atom. The summed E-state index contributed by atoms with van der Waals surface area (Å²) >= 11 is 0. The summed E-state index contributed by atoms with van der Waals surface area (Å²) in [5, 5.41) is 0. The molecule has 0 unspecified atom stereocenters. The summed E-state index contributed by atoms with van der Waals surface area (Å²) in [7, 11) is 0. The largest absolute Gasteiger partial charge is 0.300 e. The second kappa shape index (κ2) is 3.10. The summed E-state index contributed by atoms with van der Waals surface area (Å²) in [6.07, 6.45) is 2.68. The highest BCUT2D eigenvalue weighted by Gasteiger charge is 2.25. The minimum absolute atomic E-state index is 0.427. The van der Waals surface area contributed by atoms with Crippen LogP contribution >= 0.6 is 0 Å². The molecule has 0 atom stereocenters. The van der Waals surface area contributed by atoms with Crippen LogP contribution in [0.2, 0.25) is 0 Å². The molecule has 0 aliphatic heterocycles. The van der Waals surface area contributed by atoms with E-state index in [1.807, 2.05) is 6.07 Å². The van der Waals surface area contributed by atoms with Crippen LogP contribution in [0.5, 0.6) is 0 Å². The van der Waals surface area contributed by atoms with Gasteiger partial charge in [0.05, 0.1) is 0 Å². The van der Waals surface area contributed by atoms with E-state index in [0.717, 1.165) is 19.3 Å². The lowest BCUT2D eigenvalue weighted by Gasteiger charge is -2.23. The fraction of sp³-hybridized carbons (Fsp3) is 0.364. The van der Waals surface area contributed by atoms with Gasteiger partial charge in [0.1, 0.15) is 5.78 Å². The van der Waals surface area contributed by atoms with Gasteiger partial charge >= 0.3 is 0 Å². The SMILES string of the molecule is O=C1CC(Cc2ccccc2)C1. The van der Waals surface area contributed by atoms with Crippen molar-refractivity contribution in [2.75, 3.05) is 0 Å². The van der Waals surface area contributed by atoms with Gasteiger partial charge in [-0.05, 0) is 17.9 Å². The smallest absolute Gasteiger partial charge is 0.133 e. The Labute approximate surface area is 72.4 Å². The molecule has 0 radical (unpaired) electrons. The van der Waals surface area contributed by atoms with Crippen molar-refractivity contribution in [3.8, 4) is 0 Å². The second-order valence-electron chi connectivity index (χ2n) is 3.50. The number of carbonyl (C=O) groups excluding carboxylic acids is 1. The van der Waals surface area contributed by atoms with Gasteiger partial charge in [-0.3, -0.25) is 4.79 Å². The molecule has 62 valence electrons. The van der Waals surface area contributed by atoms with Crippen LogP contribution in [0.4, 0.5) is 0 Å². The minimum Gasteiger partial charge on any atom is -0.300 e. The van der Waals surface area contributed by atoms with Gasteiger partial charge < -0.3 is 0 Å². The molecule has 1 nitrogen and oxygen atoms in total. The Hall–Kier alpha value is -1.11. The Morgan fingerprint density at radius 3 is 2.42 bits per heavy atom. The molecular weight excluding hydrogens is 148 g/mol. The zero-order valence-corrected chi connectivity index (χ0v) is 6.99. The monoisotopic (exact) mass is 160 g/mol. The second-order valence-corrected chi connectivity index (χ2v) is 3.50. The number of rotatable bonds is 2. The predicted molar refractivity (Wildman–Crippen MR) is 47.9 cm³/mol. The van der Waals surface area contributed by atoms with Crippen molar-refractivity contribution in [2.45, 2.75) is 19.3 Å². The lowest BCUT2D eigenvalue weighted by atomic mass is 9.80.